The van der Waals surface area contributed by atoms with E-state index in [-0.39, 0.29) is 0 Å². The number of rotatable bonds is 7. The molecule has 314 valence electrons. The fraction of sp³-hybridized carbons (Fsp3) is 0.0161. The number of nitrogens with zero attached hydrogens (tertiary/aromatic N) is 3. The molecule has 10 aromatic carbocycles. The highest BCUT2D eigenvalue weighted by Gasteiger charge is 2.48. The SMILES string of the molecule is c1ccc(-c2nc(-c3cccc(-c4ccc5c(c4)Oc4ccc6c(c4O5)-c4ccccc4C6(c4ccccc4)c4ccccc4)c3)nc(-c3ccc(-c4ccccc4)c4ccccc34)n2)cc1. The molecular formula is C62H39N3O2. The molecule has 0 atom stereocenters. The van der Waals surface area contributed by atoms with E-state index in [9.17, 15) is 0 Å². The van der Waals surface area contributed by atoms with Crippen LogP contribution in [0.25, 0.3) is 78.3 Å². The number of hydrogen-bond donors (Lipinski definition) is 0. The Bertz CT molecular complexity index is 3650. The van der Waals surface area contributed by atoms with E-state index < -0.39 is 5.41 Å². The van der Waals surface area contributed by atoms with Crippen LogP contribution in [0.4, 0.5) is 0 Å². The highest BCUT2D eigenvalue weighted by Crippen LogP contribution is 2.62. The lowest BCUT2D eigenvalue weighted by Gasteiger charge is -2.34. The number of ether oxygens (including phenoxy) is 2. The molecular weight excluding hydrogens is 819 g/mol. The monoisotopic (exact) mass is 857 g/mol. The third-order valence-electron chi connectivity index (χ3n) is 13.3. The molecule has 0 N–H and O–H groups in total. The first-order valence-corrected chi connectivity index (χ1v) is 22.6. The summed E-state index contributed by atoms with van der Waals surface area (Å²) in [4.78, 5) is 15.4. The zero-order valence-corrected chi connectivity index (χ0v) is 36.2. The first kappa shape index (κ1) is 38.5. The zero-order valence-electron chi connectivity index (χ0n) is 36.2. The highest BCUT2D eigenvalue weighted by molar-refractivity contribution is 6.04. The van der Waals surface area contributed by atoms with Crippen molar-refractivity contribution in [3.05, 3.63) is 259 Å². The normalized spacial score (nSPS) is 12.8. The van der Waals surface area contributed by atoms with Gasteiger partial charge >= 0.3 is 0 Å². The van der Waals surface area contributed by atoms with E-state index >= 15 is 0 Å². The van der Waals surface area contributed by atoms with Crippen molar-refractivity contribution in [2.24, 2.45) is 0 Å². The lowest BCUT2D eigenvalue weighted by atomic mass is 9.68. The molecule has 67 heavy (non-hydrogen) atoms. The summed E-state index contributed by atoms with van der Waals surface area (Å²) in [5.74, 6) is 4.53. The third-order valence-corrected chi connectivity index (χ3v) is 13.3. The molecule has 0 spiro atoms. The molecule has 2 heterocycles. The van der Waals surface area contributed by atoms with Gasteiger partial charge in [0, 0.05) is 22.3 Å². The van der Waals surface area contributed by atoms with Crippen molar-refractivity contribution in [3.63, 3.8) is 0 Å². The molecule has 5 heteroatoms. The van der Waals surface area contributed by atoms with Crippen LogP contribution in [0.15, 0.2) is 237 Å². The maximum atomic E-state index is 6.95. The first-order valence-electron chi connectivity index (χ1n) is 22.6. The van der Waals surface area contributed by atoms with Crippen LogP contribution in [0.1, 0.15) is 22.3 Å². The first-order chi connectivity index (χ1) is 33.2. The smallest absolute Gasteiger partial charge is 0.178 e. The minimum atomic E-state index is -0.538. The summed E-state index contributed by atoms with van der Waals surface area (Å²) in [6.45, 7) is 0. The number of aromatic nitrogens is 3. The molecule has 2 aliphatic rings. The molecule has 11 aromatic rings. The van der Waals surface area contributed by atoms with E-state index in [1.807, 2.05) is 42.5 Å². The van der Waals surface area contributed by atoms with Gasteiger partial charge in [0.2, 0.25) is 0 Å². The largest absolute Gasteiger partial charge is 0.449 e. The molecule has 1 aliphatic heterocycles. The van der Waals surface area contributed by atoms with Crippen LogP contribution in [0.5, 0.6) is 23.0 Å². The summed E-state index contributed by atoms with van der Waals surface area (Å²) in [7, 11) is 0. The summed E-state index contributed by atoms with van der Waals surface area (Å²) in [5, 5.41) is 2.21. The Morgan fingerprint density at radius 2 is 0.836 bits per heavy atom. The maximum absolute atomic E-state index is 6.95. The van der Waals surface area contributed by atoms with Gasteiger partial charge in [-0.25, -0.2) is 15.0 Å². The van der Waals surface area contributed by atoms with E-state index in [0.29, 0.717) is 34.7 Å². The summed E-state index contributed by atoms with van der Waals surface area (Å²) >= 11 is 0. The van der Waals surface area contributed by atoms with Crippen LogP contribution in [0.2, 0.25) is 0 Å². The van der Waals surface area contributed by atoms with Crippen molar-refractivity contribution in [2.45, 2.75) is 5.41 Å². The van der Waals surface area contributed by atoms with Gasteiger partial charge in [0.1, 0.15) is 0 Å². The van der Waals surface area contributed by atoms with E-state index in [1.54, 1.807) is 0 Å². The Hall–Kier alpha value is -8.93. The molecule has 0 radical (unpaired) electrons. The Morgan fingerprint density at radius 1 is 0.299 bits per heavy atom. The van der Waals surface area contributed by atoms with Gasteiger partial charge in [-0.2, -0.15) is 0 Å². The van der Waals surface area contributed by atoms with Crippen molar-refractivity contribution in [3.8, 4) is 90.5 Å². The van der Waals surface area contributed by atoms with Crippen molar-refractivity contribution < 1.29 is 9.47 Å². The lowest BCUT2D eigenvalue weighted by molar-refractivity contribution is 0.360. The van der Waals surface area contributed by atoms with Crippen molar-refractivity contribution in [1.82, 2.24) is 15.0 Å². The van der Waals surface area contributed by atoms with Gasteiger partial charge in [0.05, 0.1) is 5.41 Å². The molecule has 1 aliphatic carbocycles. The molecule has 0 saturated heterocycles. The number of hydrogen-bond acceptors (Lipinski definition) is 5. The van der Waals surface area contributed by atoms with Crippen LogP contribution < -0.4 is 9.47 Å². The van der Waals surface area contributed by atoms with E-state index in [0.717, 1.165) is 66.6 Å². The topological polar surface area (TPSA) is 57.1 Å². The van der Waals surface area contributed by atoms with E-state index in [2.05, 4.69) is 194 Å². The van der Waals surface area contributed by atoms with Crippen molar-refractivity contribution in [2.75, 3.05) is 0 Å². The second-order valence-corrected chi connectivity index (χ2v) is 17.0. The second-order valence-electron chi connectivity index (χ2n) is 17.0. The van der Waals surface area contributed by atoms with Gasteiger partial charge in [0.25, 0.3) is 0 Å². The predicted molar refractivity (Wildman–Crippen MR) is 268 cm³/mol. The Kier molecular flexibility index (Phi) is 9.00. The van der Waals surface area contributed by atoms with Crippen LogP contribution in [0, 0.1) is 0 Å². The zero-order chi connectivity index (χ0) is 44.3. The number of fused-ring (bicyclic) bond motifs is 7. The van der Waals surface area contributed by atoms with Gasteiger partial charge in [-0.1, -0.05) is 206 Å². The molecule has 13 rings (SSSR count). The average molecular weight is 858 g/mol. The Balaban J connectivity index is 0.887. The minimum absolute atomic E-state index is 0.538. The van der Waals surface area contributed by atoms with Gasteiger partial charge in [0.15, 0.2) is 40.5 Å². The fourth-order valence-electron chi connectivity index (χ4n) is 10.3. The average Bonchev–Trinajstić information content (AvgIpc) is 3.72. The Morgan fingerprint density at radius 3 is 1.57 bits per heavy atom. The summed E-state index contributed by atoms with van der Waals surface area (Å²) in [6.07, 6.45) is 0. The van der Waals surface area contributed by atoms with Gasteiger partial charge in [-0.3, -0.25) is 0 Å². The lowest BCUT2D eigenvalue weighted by Crippen LogP contribution is -2.28. The van der Waals surface area contributed by atoms with Crippen LogP contribution in [0.3, 0.4) is 0 Å². The van der Waals surface area contributed by atoms with Crippen molar-refractivity contribution in [1.29, 1.82) is 0 Å². The predicted octanol–water partition coefficient (Wildman–Crippen LogP) is 15.6. The second kappa shape index (κ2) is 15.7. The third kappa shape index (κ3) is 6.28. The molecule has 0 saturated carbocycles. The maximum Gasteiger partial charge on any atom is 0.178 e. The standard InChI is InChI=1S/C62H39N3O2/c1-5-18-40(19-6-1)47-33-34-50(49-29-14-13-28-48(47)49)61-64-59(41-20-7-2-8-21-41)63-60(65-61)44-23-17-22-42(38-44)43-32-36-54-56(39-43)66-55-37-35-53-57(58(55)67-54)51-30-15-16-31-52(51)62(53,45-24-9-3-10-25-45)46-26-11-4-12-27-46/h1-39H. The van der Waals surface area contributed by atoms with E-state index in [1.165, 1.54) is 22.3 Å². The highest BCUT2D eigenvalue weighted by atomic mass is 16.6. The Labute approximate surface area is 388 Å². The minimum Gasteiger partial charge on any atom is -0.449 e. The van der Waals surface area contributed by atoms with Crippen molar-refractivity contribution >= 4 is 10.8 Å². The molecule has 1 aromatic heterocycles. The van der Waals surface area contributed by atoms with Crippen LogP contribution >= 0.6 is 0 Å². The van der Waals surface area contributed by atoms with E-state index in [4.69, 9.17) is 24.4 Å². The van der Waals surface area contributed by atoms with Crippen LogP contribution in [-0.4, -0.2) is 15.0 Å². The molecule has 0 bridgehead atoms. The van der Waals surface area contributed by atoms with Gasteiger partial charge in [-0.05, 0) is 91.2 Å². The summed E-state index contributed by atoms with van der Waals surface area (Å²) < 4.78 is 13.8. The fourth-order valence-corrected chi connectivity index (χ4v) is 10.3. The molecule has 0 fully saturated rings. The van der Waals surface area contributed by atoms with Gasteiger partial charge < -0.3 is 9.47 Å². The van der Waals surface area contributed by atoms with Gasteiger partial charge in [-0.15, -0.1) is 0 Å². The molecule has 0 amide bonds. The number of benzene rings is 10. The summed E-state index contributed by atoms with van der Waals surface area (Å²) in [5.41, 5.74) is 13.5. The molecule has 0 unspecified atom stereocenters. The molecule has 5 nitrogen and oxygen atoms in total. The van der Waals surface area contributed by atoms with Crippen LogP contribution in [-0.2, 0) is 5.41 Å². The quantitative estimate of drug-likeness (QED) is 0.160. The summed E-state index contributed by atoms with van der Waals surface area (Å²) in [6, 6.07) is 82.5.